The fourth-order valence-electron chi connectivity index (χ4n) is 0.793. The first kappa shape index (κ1) is 6.03. The molecule has 11 heavy (non-hydrogen) atoms. The quantitative estimate of drug-likeness (QED) is 0.606. The van der Waals surface area contributed by atoms with Gasteiger partial charge in [0.05, 0.1) is 0 Å². The van der Waals surface area contributed by atoms with Gasteiger partial charge in [0.1, 0.15) is 0 Å². The Hall–Kier alpha value is -1.71. The molecule has 0 aliphatic rings. The first-order chi connectivity index (χ1) is 5.47. The zero-order chi connectivity index (χ0) is 7.52. The van der Waals surface area contributed by atoms with Gasteiger partial charge in [-0.1, -0.05) is 5.16 Å². The Balaban J connectivity index is 2.46. The summed E-state index contributed by atoms with van der Waals surface area (Å²) in [4.78, 5) is 7.79. The zero-order valence-corrected chi connectivity index (χ0v) is 5.64. The van der Waals surface area contributed by atoms with Crippen molar-refractivity contribution in [1.82, 2.24) is 15.1 Å². The van der Waals surface area contributed by atoms with E-state index in [2.05, 4.69) is 19.6 Å². The molecule has 0 aromatic carbocycles. The summed E-state index contributed by atoms with van der Waals surface area (Å²) in [6, 6.07) is 3.70. The Bertz CT molecular complexity index is 317. The van der Waals surface area contributed by atoms with Gasteiger partial charge < -0.3 is 4.52 Å². The fourth-order valence-corrected chi connectivity index (χ4v) is 0.793. The van der Waals surface area contributed by atoms with Gasteiger partial charge in [-0.3, -0.25) is 4.98 Å². The van der Waals surface area contributed by atoms with E-state index >= 15 is 0 Å². The van der Waals surface area contributed by atoms with E-state index in [4.69, 9.17) is 0 Å². The third-order valence-corrected chi connectivity index (χ3v) is 1.28. The van der Waals surface area contributed by atoms with E-state index < -0.39 is 0 Å². The van der Waals surface area contributed by atoms with Gasteiger partial charge in [-0.25, -0.2) is 0 Å². The van der Waals surface area contributed by atoms with Crippen LogP contribution in [0.4, 0.5) is 0 Å². The molecule has 0 fully saturated rings. The highest BCUT2D eigenvalue weighted by atomic mass is 16.5. The average Bonchev–Trinajstić information content (AvgIpc) is 2.58. The van der Waals surface area contributed by atoms with Crippen LogP contribution >= 0.6 is 0 Å². The summed E-state index contributed by atoms with van der Waals surface area (Å²) in [6.07, 6.45) is 4.68. The minimum Gasteiger partial charge on any atom is -0.342 e. The van der Waals surface area contributed by atoms with Crippen LogP contribution in [0.2, 0.25) is 0 Å². The van der Waals surface area contributed by atoms with Crippen molar-refractivity contribution in [3.05, 3.63) is 30.9 Å². The Morgan fingerprint density at radius 1 is 1.36 bits per heavy atom. The van der Waals surface area contributed by atoms with Gasteiger partial charge >= 0.3 is 0 Å². The molecule has 4 nitrogen and oxygen atoms in total. The standard InChI is InChI=1S/C7H5N3O/c1-2-6(4-8-3-1)7-9-5-11-10-7/h1-5H. The smallest absolute Gasteiger partial charge is 0.214 e. The maximum Gasteiger partial charge on any atom is 0.214 e. The molecule has 0 aliphatic heterocycles. The average molecular weight is 147 g/mol. The van der Waals surface area contributed by atoms with Gasteiger partial charge in [0.25, 0.3) is 0 Å². The Labute approximate surface area is 62.9 Å². The van der Waals surface area contributed by atoms with Crippen molar-refractivity contribution in [2.75, 3.05) is 0 Å². The van der Waals surface area contributed by atoms with Crippen molar-refractivity contribution < 1.29 is 4.52 Å². The van der Waals surface area contributed by atoms with Crippen LogP contribution in [0.1, 0.15) is 0 Å². The normalized spacial score (nSPS) is 9.82. The van der Waals surface area contributed by atoms with Crippen molar-refractivity contribution in [2.24, 2.45) is 0 Å². The van der Waals surface area contributed by atoms with Gasteiger partial charge in [0.2, 0.25) is 12.2 Å². The predicted molar refractivity (Wildman–Crippen MR) is 37.5 cm³/mol. The fraction of sp³-hybridized carbons (Fsp3) is 0. The van der Waals surface area contributed by atoms with E-state index in [1.807, 2.05) is 12.1 Å². The first-order valence-corrected chi connectivity index (χ1v) is 3.13. The molecule has 0 bridgehead atoms. The first-order valence-electron chi connectivity index (χ1n) is 3.13. The van der Waals surface area contributed by atoms with Crippen LogP contribution in [-0.4, -0.2) is 15.1 Å². The summed E-state index contributed by atoms with van der Waals surface area (Å²) < 4.78 is 4.58. The maximum absolute atomic E-state index is 4.58. The molecule has 2 rings (SSSR count). The second-order valence-corrected chi connectivity index (χ2v) is 2.00. The number of pyridine rings is 1. The molecule has 0 N–H and O–H groups in total. The molecule has 2 aromatic rings. The summed E-state index contributed by atoms with van der Waals surface area (Å²) >= 11 is 0. The van der Waals surface area contributed by atoms with Crippen molar-refractivity contribution >= 4 is 0 Å². The van der Waals surface area contributed by atoms with Gasteiger partial charge in [-0.05, 0) is 12.1 Å². The zero-order valence-electron chi connectivity index (χ0n) is 5.64. The van der Waals surface area contributed by atoms with Crippen molar-refractivity contribution in [3.63, 3.8) is 0 Å². The lowest BCUT2D eigenvalue weighted by Gasteiger charge is -1.88. The van der Waals surface area contributed by atoms with Gasteiger partial charge in [0.15, 0.2) is 0 Å². The van der Waals surface area contributed by atoms with E-state index in [9.17, 15) is 0 Å². The summed E-state index contributed by atoms with van der Waals surface area (Å²) in [7, 11) is 0. The van der Waals surface area contributed by atoms with E-state index in [0.29, 0.717) is 5.82 Å². The molecular formula is C7H5N3O. The Morgan fingerprint density at radius 3 is 3.00 bits per heavy atom. The number of aromatic nitrogens is 3. The maximum atomic E-state index is 4.58. The van der Waals surface area contributed by atoms with Crippen molar-refractivity contribution in [1.29, 1.82) is 0 Å². The lowest BCUT2D eigenvalue weighted by Crippen LogP contribution is -1.79. The molecule has 4 heteroatoms. The van der Waals surface area contributed by atoms with Crippen LogP contribution in [0.25, 0.3) is 11.4 Å². The molecule has 0 amide bonds. The number of rotatable bonds is 1. The van der Waals surface area contributed by atoms with Crippen LogP contribution in [-0.2, 0) is 0 Å². The van der Waals surface area contributed by atoms with Crippen molar-refractivity contribution in [3.8, 4) is 11.4 Å². The van der Waals surface area contributed by atoms with Crippen molar-refractivity contribution in [2.45, 2.75) is 0 Å². The topological polar surface area (TPSA) is 51.8 Å². The molecule has 0 saturated carbocycles. The van der Waals surface area contributed by atoms with Gasteiger partial charge in [-0.2, -0.15) is 4.98 Å². The minimum absolute atomic E-state index is 0.568. The monoisotopic (exact) mass is 147 g/mol. The minimum atomic E-state index is 0.568. The highest BCUT2D eigenvalue weighted by Gasteiger charge is 1.99. The van der Waals surface area contributed by atoms with Crippen LogP contribution in [0.5, 0.6) is 0 Å². The van der Waals surface area contributed by atoms with E-state index in [0.717, 1.165) is 5.56 Å². The summed E-state index contributed by atoms with van der Waals surface area (Å²) in [6.45, 7) is 0. The predicted octanol–water partition coefficient (Wildman–Crippen LogP) is 1.13. The molecule has 2 aromatic heterocycles. The lowest BCUT2D eigenvalue weighted by atomic mass is 10.3. The molecule has 0 atom stereocenters. The van der Waals surface area contributed by atoms with Crippen LogP contribution < -0.4 is 0 Å². The molecule has 0 radical (unpaired) electrons. The van der Waals surface area contributed by atoms with Crippen LogP contribution in [0.15, 0.2) is 35.4 Å². The summed E-state index contributed by atoms with van der Waals surface area (Å²) in [5, 5.41) is 3.66. The second kappa shape index (κ2) is 2.49. The Morgan fingerprint density at radius 2 is 2.36 bits per heavy atom. The van der Waals surface area contributed by atoms with Crippen LogP contribution in [0.3, 0.4) is 0 Å². The Kier molecular flexibility index (Phi) is 1.37. The third kappa shape index (κ3) is 1.10. The highest BCUT2D eigenvalue weighted by Crippen LogP contribution is 2.10. The molecule has 0 saturated heterocycles. The van der Waals surface area contributed by atoms with E-state index in [1.54, 1.807) is 12.4 Å². The number of hydrogen-bond donors (Lipinski definition) is 0. The number of nitrogens with zero attached hydrogens (tertiary/aromatic N) is 3. The van der Waals surface area contributed by atoms with Gasteiger partial charge in [-0.15, -0.1) is 0 Å². The largest absolute Gasteiger partial charge is 0.342 e. The summed E-state index contributed by atoms with van der Waals surface area (Å²) in [5.41, 5.74) is 0.862. The molecule has 0 unspecified atom stereocenters. The summed E-state index contributed by atoms with van der Waals surface area (Å²) in [5.74, 6) is 0.568. The number of hydrogen-bond acceptors (Lipinski definition) is 4. The lowest BCUT2D eigenvalue weighted by molar-refractivity contribution is 0.418. The third-order valence-electron chi connectivity index (χ3n) is 1.28. The molecule has 0 spiro atoms. The molecular weight excluding hydrogens is 142 g/mol. The van der Waals surface area contributed by atoms with E-state index in [-0.39, 0.29) is 0 Å². The highest BCUT2D eigenvalue weighted by molar-refractivity contribution is 5.51. The SMILES string of the molecule is c1cncc(-c2ncon2)c1. The van der Waals surface area contributed by atoms with Crippen LogP contribution in [0, 0.1) is 0 Å². The van der Waals surface area contributed by atoms with Gasteiger partial charge in [0, 0.05) is 18.0 Å². The van der Waals surface area contributed by atoms with E-state index in [1.165, 1.54) is 6.39 Å². The molecule has 54 valence electrons. The molecule has 2 heterocycles. The molecule has 0 aliphatic carbocycles. The second-order valence-electron chi connectivity index (χ2n) is 2.00.